The zero-order valence-electron chi connectivity index (χ0n) is 12.3. The first kappa shape index (κ1) is 14.7. The predicted molar refractivity (Wildman–Crippen MR) is 82.6 cm³/mol. The van der Waals surface area contributed by atoms with Crippen molar-refractivity contribution in [2.75, 3.05) is 6.54 Å². The van der Waals surface area contributed by atoms with Gasteiger partial charge in [-0.25, -0.2) is 0 Å². The Morgan fingerprint density at radius 3 is 2.35 bits per heavy atom. The highest BCUT2D eigenvalue weighted by atomic mass is 15.1. The first-order valence-corrected chi connectivity index (χ1v) is 7.44. The molecule has 0 amide bonds. The van der Waals surface area contributed by atoms with E-state index in [9.17, 15) is 0 Å². The summed E-state index contributed by atoms with van der Waals surface area (Å²) in [6.45, 7) is 5.38. The minimum absolute atomic E-state index is 0.195. The van der Waals surface area contributed by atoms with E-state index in [1.54, 1.807) is 6.20 Å². The van der Waals surface area contributed by atoms with Crippen LogP contribution in [0.4, 0.5) is 0 Å². The summed E-state index contributed by atoms with van der Waals surface area (Å²) in [6, 6.07) is 11.1. The van der Waals surface area contributed by atoms with Crippen molar-refractivity contribution < 1.29 is 0 Å². The maximum atomic E-state index is 4.00. The van der Waals surface area contributed by atoms with E-state index in [0.29, 0.717) is 0 Å². The molecule has 0 bridgehead atoms. The molecule has 0 aliphatic carbocycles. The van der Waals surface area contributed by atoms with E-state index in [4.69, 9.17) is 0 Å². The summed E-state index contributed by atoms with van der Waals surface area (Å²) in [7, 11) is 0. The van der Waals surface area contributed by atoms with Gasteiger partial charge < -0.3 is 5.32 Å². The zero-order valence-corrected chi connectivity index (χ0v) is 12.3. The Hall–Kier alpha value is -1.74. The van der Waals surface area contributed by atoms with E-state index in [-0.39, 0.29) is 6.04 Å². The van der Waals surface area contributed by atoms with Crippen LogP contribution in [0.2, 0.25) is 0 Å². The number of aryl methyl sites for hydroxylation is 1. The molecule has 0 spiro atoms. The summed E-state index contributed by atoms with van der Waals surface area (Å²) in [5, 5.41) is 11.4. The van der Waals surface area contributed by atoms with Crippen LogP contribution in [-0.4, -0.2) is 16.7 Å². The fourth-order valence-corrected chi connectivity index (χ4v) is 2.35. The minimum atomic E-state index is 0.195. The molecular weight excluding hydrogens is 246 g/mol. The number of hydrogen-bond donors (Lipinski definition) is 1. The van der Waals surface area contributed by atoms with Crippen molar-refractivity contribution in [1.29, 1.82) is 0 Å². The van der Waals surface area contributed by atoms with Gasteiger partial charge in [0.25, 0.3) is 0 Å². The number of hydrogen-bond acceptors (Lipinski definition) is 3. The summed E-state index contributed by atoms with van der Waals surface area (Å²) in [4.78, 5) is 0. The van der Waals surface area contributed by atoms with Crippen LogP contribution in [0.5, 0.6) is 0 Å². The topological polar surface area (TPSA) is 37.8 Å². The molecule has 0 saturated carbocycles. The van der Waals surface area contributed by atoms with Gasteiger partial charge in [0, 0.05) is 6.20 Å². The molecule has 0 aliphatic rings. The van der Waals surface area contributed by atoms with Gasteiger partial charge in [0.2, 0.25) is 0 Å². The molecule has 3 heteroatoms. The van der Waals surface area contributed by atoms with Crippen LogP contribution in [-0.2, 0) is 6.42 Å². The fraction of sp³-hybridized carbons (Fsp3) is 0.412. The second kappa shape index (κ2) is 7.75. The van der Waals surface area contributed by atoms with E-state index in [1.807, 2.05) is 12.3 Å². The Kier molecular flexibility index (Phi) is 5.69. The largest absolute Gasteiger partial charge is 0.306 e. The maximum absolute atomic E-state index is 4.00. The summed E-state index contributed by atoms with van der Waals surface area (Å²) in [5.74, 6) is 0. The van der Waals surface area contributed by atoms with Crippen molar-refractivity contribution in [3.05, 3.63) is 59.4 Å². The molecule has 3 nitrogen and oxygen atoms in total. The van der Waals surface area contributed by atoms with Gasteiger partial charge >= 0.3 is 0 Å². The lowest BCUT2D eigenvalue weighted by Crippen LogP contribution is -2.23. The molecule has 0 saturated heterocycles. The van der Waals surface area contributed by atoms with Crippen LogP contribution in [0.1, 0.15) is 49.4 Å². The third-order valence-electron chi connectivity index (χ3n) is 3.39. The number of aromatic nitrogens is 2. The Morgan fingerprint density at radius 2 is 1.75 bits per heavy atom. The molecule has 20 heavy (non-hydrogen) atoms. The number of nitrogens with one attached hydrogen (secondary N) is 1. The Balaban J connectivity index is 2.22. The molecule has 0 radical (unpaired) electrons. The van der Waals surface area contributed by atoms with E-state index in [1.165, 1.54) is 17.5 Å². The third-order valence-corrected chi connectivity index (χ3v) is 3.39. The second-order valence-corrected chi connectivity index (χ2v) is 5.05. The average Bonchev–Trinajstić information content (AvgIpc) is 2.51. The highest BCUT2D eigenvalue weighted by molar-refractivity contribution is 5.32. The van der Waals surface area contributed by atoms with Gasteiger partial charge in [-0.3, -0.25) is 0 Å². The molecule has 0 fully saturated rings. The molecule has 1 aromatic carbocycles. The van der Waals surface area contributed by atoms with Crippen molar-refractivity contribution in [3.63, 3.8) is 0 Å². The van der Waals surface area contributed by atoms with Gasteiger partial charge in [-0.1, -0.05) is 44.5 Å². The van der Waals surface area contributed by atoms with Crippen molar-refractivity contribution in [2.45, 2.75) is 39.2 Å². The number of rotatable bonds is 7. The monoisotopic (exact) mass is 269 g/mol. The Bertz CT molecular complexity index is 493. The normalized spacial score (nSPS) is 12.3. The molecule has 1 atom stereocenters. The van der Waals surface area contributed by atoms with E-state index in [2.05, 4.69) is 53.6 Å². The molecule has 1 unspecified atom stereocenters. The SMILES string of the molecule is CCCNC(c1ccc(CCC)cc1)c1ccnnc1. The van der Waals surface area contributed by atoms with Crippen LogP contribution in [0.15, 0.2) is 42.7 Å². The summed E-state index contributed by atoms with van der Waals surface area (Å²) >= 11 is 0. The lowest BCUT2D eigenvalue weighted by atomic mass is 9.98. The van der Waals surface area contributed by atoms with Gasteiger partial charge in [-0.2, -0.15) is 10.2 Å². The fourth-order valence-electron chi connectivity index (χ4n) is 2.35. The Labute approximate surface area is 121 Å². The van der Waals surface area contributed by atoms with Crippen molar-refractivity contribution in [3.8, 4) is 0 Å². The molecule has 1 heterocycles. The predicted octanol–water partition coefficient (Wildman–Crippen LogP) is 3.52. The van der Waals surface area contributed by atoms with Crippen LogP contribution in [0.3, 0.4) is 0 Å². The van der Waals surface area contributed by atoms with Gasteiger partial charge in [0.15, 0.2) is 0 Å². The Morgan fingerprint density at radius 1 is 0.950 bits per heavy atom. The van der Waals surface area contributed by atoms with Crippen molar-refractivity contribution in [2.24, 2.45) is 0 Å². The first-order chi connectivity index (χ1) is 9.85. The molecule has 106 valence electrons. The first-order valence-electron chi connectivity index (χ1n) is 7.44. The molecule has 1 aromatic heterocycles. The van der Waals surface area contributed by atoms with Gasteiger partial charge in [-0.05, 0) is 42.1 Å². The third kappa shape index (κ3) is 3.87. The summed E-state index contributed by atoms with van der Waals surface area (Å²) < 4.78 is 0. The molecular formula is C17H23N3. The van der Waals surface area contributed by atoms with Crippen LogP contribution < -0.4 is 5.32 Å². The van der Waals surface area contributed by atoms with Gasteiger partial charge in [-0.15, -0.1) is 0 Å². The average molecular weight is 269 g/mol. The smallest absolute Gasteiger partial charge is 0.0593 e. The van der Waals surface area contributed by atoms with Crippen LogP contribution in [0.25, 0.3) is 0 Å². The minimum Gasteiger partial charge on any atom is -0.306 e. The van der Waals surface area contributed by atoms with Crippen LogP contribution in [0, 0.1) is 0 Å². The molecule has 0 aliphatic heterocycles. The maximum Gasteiger partial charge on any atom is 0.0593 e. The molecule has 2 aromatic rings. The van der Waals surface area contributed by atoms with Crippen molar-refractivity contribution in [1.82, 2.24) is 15.5 Å². The lowest BCUT2D eigenvalue weighted by molar-refractivity contribution is 0.595. The van der Waals surface area contributed by atoms with Crippen molar-refractivity contribution >= 4 is 0 Å². The lowest BCUT2D eigenvalue weighted by Gasteiger charge is -2.19. The van der Waals surface area contributed by atoms with E-state index < -0.39 is 0 Å². The number of nitrogens with zero attached hydrogens (tertiary/aromatic N) is 2. The quantitative estimate of drug-likeness (QED) is 0.835. The van der Waals surface area contributed by atoms with Crippen LogP contribution >= 0.6 is 0 Å². The van der Waals surface area contributed by atoms with E-state index >= 15 is 0 Å². The number of benzene rings is 1. The zero-order chi connectivity index (χ0) is 14.2. The summed E-state index contributed by atoms with van der Waals surface area (Å²) in [6.07, 6.45) is 7.03. The second-order valence-electron chi connectivity index (χ2n) is 5.05. The highest BCUT2D eigenvalue weighted by Crippen LogP contribution is 2.21. The summed E-state index contributed by atoms with van der Waals surface area (Å²) in [5.41, 5.74) is 3.85. The molecule has 1 N–H and O–H groups in total. The highest BCUT2D eigenvalue weighted by Gasteiger charge is 2.13. The van der Waals surface area contributed by atoms with Gasteiger partial charge in [0.1, 0.15) is 0 Å². The van der Waals surface area contributed by atoms with E-state index in [0.717, 1.165) is 24.9 Å². The van der Waals surface area contributed by atoms with Gasteiger partial charge in [0.05, 0.1) is 12.2 Å². The standard InChI is InChI=1S/C17H23N3/c1-3-5-14-6-8-15(9-7-14)17(18-11-4-2)16-10-12-19-20-13-16/h6-10,12-13,17-18H,3-5,11H2,1-2H3. The molecule has 2 rings (SSSR count).